The summed E-state index contributed by atoms with van der Waals surface area (Å²) in [5, 5.41) is 0. The number of nitrogens with zero attached hydrogens (tertiary/aromatic N) is 1. The molecule has 0 aliphatic carbocycles. The third-order valence-electron chi connectivity index (χ3n) is 3.80. The van der Waals surface area contributed by atoms with E-state index in [1.165, 1.54) is 13.0 Å². The molecule has 0 saturated carbocycles. The van der Waals surface area contributed by atoms with Crippen LogP contribution in [0.1, 0.15) is 44.0 Å². The number of hydrogen-bond acceptors (Lipinski definition) is 2. The van der Waals surface area contributed by atoms with Gasteiger partial charge in [-0.15, -0.1) is 0 Å². The third kappa shape index (κ3) is 2.55. The summed E-state index contributed by atoms with van der Waals surface area (Å²) in [4.78, 5) is 13.3. The maximum absolute atomic E-state index is 14.1. The number of ketones is 1. The molecule has 18 heavy (non-hydrogen) atoms. The molecule has 1 aliphatic rings. The van der Waals surface area contributed by atoms with E-state index in [0.29, 0.717) is 23.2 Å². The Hall–Kier alpha value is -1.38. The maximum atomic E-state index is 14.1. The Bertz CT molecular complexity index is 458. The lowest BCUT2D eigenvalue weighted by Gasteiger charge is -2.38. The van der Waals surface area contributed by atoms with E-state index in [1.807, 2.05) is 0 Å². The van der Waals surface area contributed by atoms with Crippen molar-refractivity contribution >= 4 is 11.5 Å². The van der Waals surface area contributed by atoms with Crippen LogP contribution < -0.4 is 4.90 Å². The van der Waals surface area contributed by atoms with Gasteiger partial charge in [0.1, 0.15) is 5.82 Å². The Kier molecular flexibility index (Phi) is 3.69. The summed E-state index contributed by atoms with van der Waals surface area (Å²) in [7, 11) is 0. The van der Waals surface area contributed by atoms with Gasteiger partial charge in [-0.1, -0.05) is 6.92 Å². The first kappa shape index (κ1) is 13.1. The number of Topliss-reactive ketones (excluding diaryl/α,β-unsaturated/α-hetero) is 1. The number of piperidine rings is 1. The van der Waals surface area contributed by atoms with Crippen molar-refractivity contribution < 1.29 is 9.18 Å². The molecule has 0 bridgehead atoms. The molecule has 0 spiro atoms. The third-order valence-corrected chi connectivity index (χ3v) is 3.80. The van der Waals surface area contributed by atoms with Gasteiger partial charge in [0.25, 0.3) is 0 Å². The second kappa shape index (κ2) is 5.09. The minimum atomic E-state index is -0.288. The van der Waals surface area contributed by atoms with Crippen molar-refractivity contribution in [3.63, 3.8) is 0 Å². The average Bonchev–Trinajstić information content (AvgIpc) is 2.30. The first-order valence-electron chi connectivity index (χ1n) is 6.56. The SMILES string of the molecule is CC(=O)c1ccc(N2CCC(C)CC2C)c(F)c1. The van der Waals surface area contributed by atoms with Crippen LogP contribution in [0.3, 0.4) is 0 Å². The van der Waals surface area contributed by atoms with Gasteiger partial charge >= 0.3 is 0 Å². The average molecular weight is 249 g/mol. The summed E-state index contributed by atoms with van der Waals surface area (Å²) in [5.74, 6) is 0.320. The zero-order chi connectivity index (χ0) is 13.3. The number of rotatable bonds is 2. The lowest BCUT2D eigenvalue weighted by atomic mass is 9.93. The van der Waals surface area contributed by atoms with Crippen LogP contribution in [0, 0.1) is 11.7 Å². The minimum absolute atomic E-state index is 0.0965. The Morgan fingerprint density at radius 3 is 2.67 bits per heavy atom. The van der Waals surface area contributed by atoms with E-state index in [-0.39, 0.29) is 11.6 Å². The molecule has 0 radical (unpaired) electrons. The second-order valence-electron chi connectivity index (χ2n) is 5.39. The van der Waals surface area contributed by atoms with Crippen LogP contribution in [-0.2, 0) is 0 Å². The van der Waals surface area contributed by atoms with Crippen molar-refractivity contribution in [1.82, 2.24) is 0 Å². The van der Waals surface area contributed by atoms with Gasteiger partial charge in [-0.05, 0) is 50.8 Å². The highest BCUT2D eigenvalue weighted by atomic mass is 19.1. The zero-order valence-electron chi connectivity index (χ0n) is 11.2. The summed E-state index contributed by atoms with van der Waals surface area (Å²) < 4.78 is 14.1. The number of benzene rings is 1. The first-order chi connectivity index (χ1) is 8.49. The summed E-state index contributed by atoms with van der Waals surface area (Å²) in [6, 6.07) is 5.15. The van der Waals surface area contributed by atoms with Gasteiger partial charge in [0.2, 0.25) is 0 Å². The predicted octanol–water partition coefficient (Wildman–Crippen LogP) is 3.65. The standard InChI is InChI=1S/C15H20FNO/c1-10-6-7-17(11(2)8-10)15-5-4-13(12(3)18)9-14(15)16/h4-5,9-11H,6-8H2,1-3H3. The fraction of sp³-hybridized carbons (Fsp3) is 0.533. The molecule has 0 aromatic heterocycles. The molecule has 2 rings (SSSR count). The van der Waals surface area contributed by atoms with Crippen LogP contribution in [0.2, 0.25) is 0 Å². The normalized spacial score (nSPS) is 24.1. The van der Waals surface area contributed by atoms with Gasteiger partial charge in [0, 0.05) is 18.2 Å². The number of halogens is 1. The van der Waals surface area contributed by atoms with Crippen molar-refractivity contribution in [3.8, 4) is 0 Å². The van der Waals surface area contributed by atoms with Crippen molar-refractivity contribution in [1.29, 1.82) is 0 Å². The van der Waals surface area contributed by atoms with Gasteiger partial charge in [-0.25, -0.2) is 4.39 Å². The number of anilines is 1. The summed E-state index contributed by atoms with van der Waals surface area (Å²) in [6.45, 7) is 6.72. The Morgan fingerprint density at radius 1 is 1.39 bits per heavy atom. The molecule has 1 aromatic rings. The molecule has 0 N–H and O–H groups in total. The molecule has 98 valence electrons. The number of carbonyl (C=O) groups excluding carboxylic acids is 1. The molecule has 1 aliphatic heterocycles. The summed E-state index contributed by atoms with van der Waals surface area (Å²) >= 11 is 0. The largest absolute Gasteiger partial charge is 0.366 e. The lowest BCUT2D eigenvalue weighted by Crippen LogP contribution is -2.40. The van der Waals surface area contributed by atoms with Crippen LogP contribution in [0.5, 0.6) is 0 Å². The van der Waals surface area contributed by atoms with Gasteiger partial charge in [-0.2, -0.15) is 0 Å². The summed E-state index contributed by atoms with van der Waals surface area (Å²) in [5.41, 5.74) is 1.06. The molecule has 1 fully saturated rings. The van der Waals surface area contributed by atoms with E-state index < -0.39 is 0 Å². The fourth-order valence-electron chi connectivity index (χ4n) is 2.72. The Labute approximate surface area is 108 Å². The van der Waals surface area contributed by atoms with Gasteiger partial charge < -0.3 is 4.90 Å². The highest BCUT2D eigenvalue weighted by Gasteiger charge is 2.25. The van der Waals surface area contributed by atoms with E-state index >= 15 is 0 Å². The van der Waals surface area contributed by atoms with Crippen molar-refractivity contribution in [3.05, 3.63) is 29.6 Å². The minimum Gasteiger partial charge on any atom is -0.366 e. The monoisotopic (exact) mass is 249 g/mol. The quantitative estimate of drug-likeness (QED) is 0.746. The molecule has 1 saturated heterocycles. The Morgan fingerprint density at radius 2 is 2.11 bits per heavy atom. The smallest absolute Gasteiger partial charge is 0.159 e. The molecule has 3 heteroatoms. The lowest BCUT2D eigenvalue weighted by molar-refractivity contribution is 0.101. The van der Waals surface area contributed by atoms with Crippen LogP contribution in [0.25, 0.3) is 0 Å². The first-order valence-corrected chi connectivity index (χ1v) is 6.56. The van der Waals surface area contributed by atoms with Crippen LogP contribution in [0.15, 0.2) is 18.2 Å². The molecular formula is C15H20FNO. The molecular weight excluding hydrogens is 229 g/mol. The van der Waals surface area contributed by atoms with Crippen LogP contribution in [0.4, 0.5) is 10.1 Å². The van der Waals surface area contributed by atoms with Crippen molar-refractivity contribution in [2.24, 2.45) is 5.92 Å². The van der Waals surface area contributed by atoms with Gasteiger partial charge in [0.15, 0.2) is 5.78 Å². The van der Waals surface area contributed by atoms with E-state index in [2.05, 4.69) is 18.7 Å². The van der Waals surface area contributed by atoms with Crippen LogP contribution >= 0.6 is 0 Å². The van der Waals surface area contributed by atoms with E-state index in [1.54, 1.807) is 12.1 Å². The summed E-state index contributed by atoms with van der Waals surface area (Å²) in [6.07, 6.45) is 2.19. The molecule has 2 unspecified atom stereocenters. The van der Waals surface area contributed by atoms with Crippen LogP contribution in [-0.4, -0.2) is 18.4 Å². The van der Waals surface area contributed by atoms with E-state index in [4.69, 9.17) is 0 Å². The topological polar surface area (TPSA) is 20.3 Å². The number of hydrogen-bond donors (Lipinski definition) is 0. The van der Waals surface area contributed by atoms with Crippen molar-refractivity contribution in [2.45, 2.75) is 39.7 Å². The maximum Gasteiger partial charge on any atom is 0.159 e. The zero-order valence-corrected chi connectivity index (χ0v) is 11.2. The molecule has 2 nitrogen and oxygen atoms in total. The second-order valence-corrected chi connectivity index (χ2v) is 5.39. The van der Waals surface area contributed by atoms with E-state index in [9.17, 15) is 9.18 Å². The fourth-order valence-corrected chi connectivity index (χ4v) is 2.72. The Balaban J connectivity index is 2.26. The highest BCUT2D eigenvalue weighted by Crippen LogP contribution is 2.30. The molecule has 2 atom stereocenters. The molecule has 1 aromatic carbocycles. The van der Waals surface area contributed by atoms with Gasteiger partial charge in [-0.3, -0.25) is 4.79 Å². The number of carbonyl (C=O) groups is 1. The predicted molar refractivity (Wildman–Crippen MR) is 71.6 cm³/mol. The van der Waals surface area contributed by atoms with Gasteiger partial charge in [0.05, 0.1) is 5.69 Å². The molecule has 1 heterocycles. The van der Waals surface area contributed by atoms with E-state index in [0.717, 1.165) is 19.4 Å². The highest BCUT2D eigenvalue weighted by molar-refractivity contribution is 5.94. The van der Waals surface area contributed by atoms with Crippen molar-refractivity contribution in [2.75, 3.05) is 11.4 Å². The molecule has 0 amide bonds.